The first-order valence-corrected chi connectivity index (χ1v) is 8.07. The summed E-state index contributed by atoms with van der Waals surface area (Å²) in [5.41, 5.74) is -0.119. The maximum atomic E-state index is 13.2. The van der Waals surface area contributed by atoms with Crippen molar-refractivity contribution in [2.45, 2.75) is 92.9 Å². The molecular weight excluding hydrogens is 220 g/mol. The molecule has 0 aromatic carbocycles. The highest BCUT2D eigenvalue weighted by atomic mass is 16.1. The Bertz CT molecular complexity index is 210. The van der Waals surface area contributed by atoms with Gasteiger partial charge in [0.1, 0.15) is 5.78 Å². The molecule has 0 atom stereocenters. The molecule has 0 N–H and O–H groups in total. The lowest BCUT2D eigenvalue weighted by Crippen LogP contribution is -2.43. The molecule has 0 saturated heterocycles. The summed E-state index contributed by atoms with van der Waals surface area (Å²) in [6.45, 7) is 13.2. The van der Waals surface area contributed by atoms with E-state index in [9.17, 15) is 4.79 Å². The number of carbonyl (C=O) groups is 1. The van der Waals surface area contributed by atoms with E-state index in [0.717, 1.165) is 51.4 Å². The highest BCUT2D eigenvalue weighted by Crippen LogP contribution is 2.45. The van der Waals surface area contributed by atoms with E-state index < -0.39 is 0 Å². The first-order valence-electron chi connectivity index (χ1n) is 8.07. The minimum absolute atomic E-state index is 0.0596. The lowest BCUT2D eigenvalue weighted by molar-refractivity contribution is -0.141. The van der Waals surface area contributed by atoms with Crippen molar-refractivity contribution in [2.75, 3.05) is 0 Å². The Hall–Kier alpha value is -0.330. The molecule has 1 heteroatoms. The average Bonchev–Trinajstić information content (AvgIpc) is 2.42. The zero-order valence-corrected chi connectivity index (χ0v) is 13.6. The zero-order valence-electron chi connectivity index (χ0n) is 13.6. The van der Waals surface area contributed by atoms with Crippen LogP contribution in [0.4, 0.5) is 0 Å². The second-order valence-corrected chi connectivity index (χ2v) is 5.80. The molecule has 0 spiro atoms. The fourth-order valence-corrected chi connectivity index (χ4v) is 3.60. The second-order valence-electron chi connectivity index (χ2n) is 5.80. The lowest BCUT2D eigenvalue weighted by atomic mass is 9.61. The average molecular weight is 254 g/mol. The molecule has 0 aliphatic heterocycles. The van der Waals surface area contributed by atoms with Crippen LogP contribution in [-0.2, 0) is 4.79 Å². The summed E-state index contributed by atoms with van der Waals surface area (Å²) in [6, 6.07) is 0. The minimum Gasteiger partial charge on any atom is -0.298 e. The standard InChI is InChI=1S/C17H34O/c1-7-13-16(9-3,10-4)15(18)17(11-5,12-6)14-8-2/h7-14H2,1-6H3. The van der Waals surface area contributed by atoms with Gasteiger partial charge in [0.05, 0.1) is 0 Å². The SMILES string of the molecule is CCCC(CC)(CC)C(=O)C(CC)(CC)CCC. The van der Waals surface area contributed by atoms with Crippen LogP contribution in [0.1, 0.15) is 92.9 Å². The molecule has 0 radical (unpaired) electrons. The summed E-state index contributed by atoms with van der Waals surface area (Å²) in [5.74, 6) is 0.564. The molecule has 0 aromatic heterocycles. The van der Waals surface area contributed by atoms with Crippen molar-refractivity contribution in [3.63, 3.8) is 0 Å². The van der Waals surface area contributed by atoms with Crippen molar-refractivity contribution < 1.29 is 4.79 Å². The molecule has 108 valence electrons. The Morgan fingerprint density at radius 1 is 0.667 bits per heavy atom. The number of hydrogen-bond donors (Lipinski definition) is 0. The molecule has 0 unspecified atom stereocenters. The van der Waals surface area contributed by atoms with E-state index in [-0.39, 0.29) is 10.8 Å². The minimum atomic E-state index is -0.0596. The predicted molar refractivity (Wildman–Crippen MR) is 80.9 cm³/mol. The van der Waals surface area contributed by atoms with E-state index in [4.69, 9.17) is 0 Å². The quantitative estimate of drug-likeness (QED) is 0.484. The second kappa shape index (κ2) is 7.96. The third-order valence-electron chi connectivity index (χ3n) is 5.13. The maximum absolute atomic E-state index is 13.2. The van der Waals surface area contributed by atoms with Crippen LogP contribution < -0.4 is 0 Å². The van der Waals surface area contributed by atoms with Crippen molar-refractivity contribution in [3.8, 4) is 0 Å². The van der Waals surface area contributed by atoms with E-state index in [1.165, 1.54) is 0 Å². The molecule has 0 fully saturated rings. The van der Waals surface area contributed by atoms with E-state index in [1.807, 2.05) is 0 Å². The predicted octanol–water partition coefficient (Wildman–Crippen LogP) is 5.77. The van der Waals surface area contributed by atoms with Crippen molar-refractivity contribution in [2.24, 2.45) is 10.8 Å². The van der Waals surface area contributed by atoms with Gasteiger partial charge in [-0.1, -0.05) is 54.4 Å². The molecule has 1 nitrogen and oxygen atoms in total. The fraction of sp³-hybridized carbons (Fsp3) is 0.941. The smallest absolute Gasteiger partial charge is 0.145 e. The molecule has 0 aliphatic carbocycles. The Morgan fingerprint density at radius 3 is 1.11 bits per heavy atom. The molecule has 0 amide bonds. The van der Waals surface area contributed by atoms with Crippen molar-refractivity contribution >= 4 is 5.78 Å². The first kappa shape index (κ1) is 17.7. The van der Waals surface area contributed by atoms with Crippen LogP contribution in [0.3, 0.4) is 0 Å². The molecule has 18 heavy (non-hydrogen) atoms. The van der Waals surface area contributed by atoms with Gasteiger partial charge in [0.25, 0.3) is 0 Å². The molecule has 0 aromatic rings. The van der Waals surface area contributed by atoms with E-state index in [1.54, 1.807) is 0 Å². The highest BCUT2D eigenvalue weighted by molar-refractivity contribution is 5.90. The Balaban J connectivity index is 5.36. The van der Waals surface area contributed by atoms with Crippen LogP contribution in [0.25, 0.3) is 0 Å². The van der Waals surface area contributed by atoms with Crippen molar-refractivity contribution in [1.82, 2.24) is 0 Å². The van der Waals surface area contributed by atoms with Gasteiger partial charge < -0.3 is 0 Å². The summed E-state index contributed by atoms with van der Waals surface area (Å²) in [4.78, 5) is 13.2. The summed E-state index contributed by atoms with van der Waals surface area (Å²) in [7, 11) is 0. The van der Waals surface area contributed by atoms with E-state index in [0.29, 0.717) is 5.78 Å². The third-order valence-corrected chi connectivity index (χ3v) is 5.13. The number of carbonyl (C=O) groups excluding carboxylic acids is 1. The van der Waals surface area contributed by atoms with Gasteiger partial charge in [0.15, 0.2) is 0 Å². The summed E-state index contributed by atoms with van der Waals surface area (Å²) in [5, 5.41) is 0. The van der Waals surface area contributed by atoms with Crippen LogP contribution in [0.5, 0.6) is 0 Å². The Labute approximate surface area is 115 Å². The molecule has 0 saturated carbocycles. The van der Waals surface area contributed by atoms with Gasteiger partial charge in [-0.15, -0.1) is 0 Å². The molecular formula is C17H34O. The summed E-state index contributed by atoms with van der Waals surface area (Å²) >= 11 is 0. The van der Waals surface area contributed by atoms with Crippen LogP contribution in [0, 0.1) is 10.8 Å². The third kappa shape index (κ3) is 3.36. The normalized spacial score (nSPS) is 12.8. The number of ketones is 1. The number of rotatable bonds is 10. The van der Waals surface area contributed by atoms with Gasteiger partial charge >= 0.3 is 0 Å². The van der Waals surface area contributed by atoms with Crippen molar-refractivity contribution in [3.05, 3.63) is 0 Å². The Kier molecular flexibility index (Phi) is 7.82. The lowest BCUT2D eigenvalue weighted by Gasteiger charge is -2.41. The largest absolute Gasteiger partial charge is 0.298 e. The molecule has 0 heterocycles. The Morgan fingerprint density at radius 2 is 0.944 bits per heavy atom. The number of Topliss-reactive ketones (excluding diaryl/α,β-unsaturated/α-hetero) is 1. The highest BCUT2D eigenvalue weighted by Gasteiger charge is 2.45. The van der Waals surface area contributed by atoms with Crippen LogP contribution >= 0.6 is 0 Å². The summed E-state index contributed by atoms with van der Waals surface area (Å²) < 4.78 is 0. The fourth-order valence-electron chi connectivity index (χ4n) is 3.60. The van der Waals surface area contributed by atoms with Gasteiger partial charge in [0, 0.05) is 10.8 Å². The van der Waals surface area contributed by atoms with Gasteiger partial charge in [-0.3, -0.25) is 4.79 Å². The van der Waals surface area contributed by atoms with Gasteiger partial charge in [-0.05, 0) is 38.5 Å². The van der Waals surface area contributed by atoms with E-state index in [2.05, 4.69) is 41.5 Å². The molecule has 0 aliphatic rings. The van der Waals surface area contributed by atoms with Gasteiger partial charge in [-0.25, -0.2) is 0 Å². The van der Waals surface area contributed by atoms with Crippen LogP contribution in [0.2, 0.25) is 0 Å². The monoisotopic (exact) mass is 254 g/mol. The first-order chi connectivity index (χ1) is 8.52. The van der Waals surface area contributed by atoms with Gasteiger partial charge in [-0.2, -0.15) is 0 Å². The molecule has 0 rings (SSSR count). The zero-order chi connectivity index (χ0) is 14.2. The topological polar surface area (TPSA) is 17.1 Å². The van der Waals surface area contributed by atoms with Crippen LogP contribution in [0.15, 0.2) is 0 Å². The van der Waals surface area contributed by atoms with Crippen LogP contribution in [-0.4, -0.2) is 5.78 Å². The van der Waals surface area contributed by atoms with E-state index >= 15 is 0 Å². The van der Waals surface area contributed by atoms with Crippen molar-refractivity contribution in [1.29, 1.82) is 0 Å². The summed E-state index contributed by atoms with van der Waals surface area (Å²) in [6.07, 6.45) is 8.35. The van der Waals surface area contributed by atoms with Gasteiger partial charge in [0.2, 0.25) is 0 Å². The maximum Gasteiger partial charge on any atom is 0.145 e. The number of hydrogen-bond acceptors (Lipinski definition) is 1. The molecule has 0 bridgehead atoms.